The van der Waals surface area contributed by atoms with Gasteiger partial charge in [-0.15, -0.1) is 0 Å². The van der Waals surface area contributed by atoms with E-state index >= 15 is 0 Å². The van der Waals surface area contributed by atoms with E-state index in [1.807, 2.05) is 65.8 Å². The summed E-state index contributed by atoms with van der Waals surface area (Å²) >= 11 is 0. The first-order chi connectivity index (χ1) is 19.3. The molecule has 0 aromatic heterocycles. The predicted molar refractivity (Wildman–Crippen MR) is 159 cm³/mol. The molecule has 0 aliphatic heterocycles. The Balaban J connectivity index is 3.86. The number of hydrogen-bond acceptors (Lipinski definition) is 10. The van der Waals surface area contributed by atoms with Gasteiger partial charge in [-0.25, -0.2) is 0 Å². The van der Waals surface area contributed by atoms with Crippen molar-refractivity contribution in [1.82, 2.24) is 10.6 Å². The second-order valence-corrected chi connectivity index (χ2v) is 14.1. The molecule has 1 rings (SSSR count). The number of rotatable bonds is 20. The molecule has 0 heterocycles. The molecule has 0 aliphatic carbocycles. The molecule has 0 radical (unpaired) electrons. The van der Waals surface area contributed by atoms with Gasteiger partial charge in [0.1, 0.15) is 23.5 Å². The molecule has 0 bridgehead atoms. The molecule has 12 heteroatoms. The molecule has 0 amide bonds. The molecule has 0 aliphatic rings. The van der Waals surface area contributed by atoms with E-state index in [9.17, 15) is 10.5 Å². The summed E-state index contributed by atoms with van der Waals surface area (Å²) in [7, 11) is -6.32. The first-order valence-electron chi connectivity index (χ1n) is 14.4. The number of nitriles is 2. The summed E-state index contributed by atoms with van der Waals surface area (Å²) in [5.41, 5.74) is -0.484. The topological polar surface area (TPSA) is 127 Å². The normalized spacial score (nSPS) is 13.2. The first-order valence-corrected chi connectivity index (χ1v) is 18.0. The van der Waals surface area contributed by atoms with Gasteiger partial charge in [0.25, 0.3) is 0 Å². The van der Waals surface area contributed by atoms with E-state index in [-0.39, 0.29) is 16.9 Å². The maximum Gasteiger partial charge on any atom is 0.524 e. The van der Waals surface area contributed by atoms with E-state index in [1.54, 1.807) is 12.1 Å². The number of nitrogens with one attached hydrogen (secondary N) is 2. The smallest absolute Gasteiger partial charge is 0.373 e. The molecule has 2 atom stereocenters. The Hall–Kier alpha value is -2.27. The van der Waals surface area contributed by atoms with Crippen LogP contribution in [0.2, 0.25) is 0 Å². The zero-order valence-corrected chi connectivity index (χ0v) is 27.5. The molecule has 10 nitrogen and oxygen atoms in total. The lowest BCUT2D eigenvalue weighted by atomic mass is 10.2. The van der Waals surface area contributed by atoms with Crippen LogP contribution in [0.4, 0.5) is 0 Å². The van der Waals surface area contributed by atoms with Crippen LogP contribution in [0.3, 0.4) is 0 Å². The molecule has 1 aromatic rings. The van der Waals surface area contributed by atoms with Gasteiger partial charge in [-0.05, 0) is 54.4 Å². The van der Waals surface area contributed by atoms with Crippen LogP contribution in [0.15, 0.2) is 24.3 Å². The van der Waals surface area contributed by atoms with E-state index in [2.05, 4.69) is 24.5 Å². The van der Waals surface area contributed by atoms with Gasteiger partial charge in [0.15, 0.2) is 0 Å². The van der Waals surface area contributed by atoms with E-state index in [0.717, 1.165) is 5.22 Å². The van der Waals surface area contributed by atoms with Crippen LogP contribution < -0.4 is 21.1 Å². The maximum absolute atomic E-state index is 9.33. The third kappa shape index (κ3) is 9.40. The fraction of sp³-hybridized carbons (Fsp3) is 0.643. The summed E-state index contributed by atoms with van der Waals surface area (Å²) < 4.78 is 37.5. The van der Waals surface area contributed by atoms with Gasteiger partial charge in [-0.1, -0.05) is 38.1 Å². The minimum Gasteiger partial charge on any atom is -0.373 e. The summed E-state index contributed by atoms with van der Waals surface area (Å²) in [5.74, 6) is 0.702. The molecule has 0 spiro atoms. The quantitative estimate of drug-likeness (QED) is 0.218. The van der Waals surface area contributed by atoms with Crippen molar-refractivity contribution in [2.24, 2.45) is 0 Å². The van der Waals surface area contributed by atoms with Crippen molar-refractivity contribution >= 4 is 29.0 Å². The van der Waals surface area contributed by atoms with Crippen LogP contribution in [0.5, 0.6) is 0 Å². The Bertz CT molecular complexity index is 980. The van der Waals surface area contributed by atoms with Crippen LogP contribution in [0, 0.1) is 22.7 Å². The Labute approximate surface area is 242 Å². The SMILES string of the molecule is CCO[Si](OCC)(OCC)C(CC)NC(NC(CC)[Si](OCC)(OCC)OCC)=c1ccc(=C(C#N)C#N)cc1. The van der Waals surface area contributed by atoms with E-state index < -0.39 is 17.6 Å². The second kappa shape index (κ2) is 19.0. The van der Waals surface area contributed by atoms with Crippen LogP contribution >= 0.6 is 0 Å². The molecule has 2 unspecified atom stereocenters. The lowest BCUT2D eigenvalue weighted by Crippen LogP contribution is -2.65. The fourth-order valence-electron chi connectivity index (χ4n) is 4.46. The average molecular weight is 593 g/mol. The summed E-state index contributed by atoms with van der Waals surface area (Å²) in [5, 5.41) is 27.4. The number of hydrogen-bond donors (Lipinski definition) is 2. The fourth-order valence-corrected chi connectivity index (χ4v) is 10.2. The molecule has 2 N–H and O–H groups in total. The van der Waals surface area contributed by atoms with Crippen molar-refractivity contribution in [2.45, 2.75) is 79.6 Å². The summed E-state index contributed by atoms with van der Waals surface area (Å²) in [6.45, 7) is 18.5. The molecule has 1 aromatic carbocycles. The highest BCUT2D eigenvalue weighted by atomic mass is 28.4. The highest BCUT2D eigenvalue weighted by Gasteiger charge is 2.51. The Kier molecular flexibility index (Phi) is 17.0. The van der Waals surface area contributed by atoms with Crippen molar-refractivity contribution in [1.29, 1.82) is 10.5 Å². The standard InChI is InChI=1S/C28H48N4O6Si2/c1-9-26(39(33-11-3,34-12-4)35-13-5)31-28(24-19-17-23(18-20-24)25(21-29)22-30)32-27(10-2)40(36-14-6,37-15-7)38-16-8/h17-20,26-27,31-32H,9-16H2,1-8H3. The molecule has 0 saturated carbocycles. The van der Waals surface area contributed by atoms with Crippen LogP contribution in [0.1, 0.15) is 68.2 Å². The molecule has 224 valence electrons. The second-order valence-electron chi connectivity index (χ2n) is 8.57. The minimum atomic E-state index is -3.16. The average Bonchev–Trinajstić information content (AvgIpc) is 2.95. The van der Waals surface area contributed by atoms with Crippen molar-refractivity contribution in [3.63, 3.8) is 0 Å². The van der Waals surface area contributed by atoms with E-state index in [1.165, 1.54) is 0 Å². The molecule has 40 heavy (non-hydrogen) atoms. The Morgan fingerprint density at radius 3 is 1.15 bits per heavy atom. The van der Waals surface area contributed by atoms with Gasteiger partial charge in [0.05, 0.1) is 11.3 Å². The summed E-state index contributed by atoms with van der Waals surface area (Å²) in [6.07, 6.45) is 1.36. The zero-order chi connectivity index (χ0) is 30.0. The molecule has 0 fully saturated rings. The highest BCUT2D eigenvalue weighted by molar-refractivity contribution is 6.63. The van der Waals surface area contributed by atoms with Crippen molar-refractivity contribution in [3.8, 4) is 12.1 Å². The van der Waals surface area contributed by atoms with Gasteiger partial charge in [0.2, 0.25) is 0 Å². The van der Waals surface area contributed by atoms with E-state index in [4.69, 9.17) is 26.6 Å². The van der Waals surface area contributed by atoms with E-state index in [0.29, 0.717) is 63.5 Å². The van der Waals surface area contributed by atoms with Crippen molar-refractivity contribution < 1.29 is 26.6 Å². The van der Waals surface area contributed by atoms with Crippen LogP contribution in [-0.4, -0.2) is 68.6 Å². The Morgan fingerprint density at radius 2 is 0.900 bits per heavy atom. The van der Waals surface area contributed by atoms with Crippen molar-refractivity contribution in [3.05, 3.63) is 34.7 Å². The highest BCUT2D eigenvalue weighted by Crippen LogP contribution is 2.21. The Morgan fingerprint density at radius 1 is 0.600 bits per heavy atom. The summed E-state index contributed by atoms with van der Waals surface area (Å²) in [4.78, 5) is 0. The molecular formula is C28H48N4O6Si2. The number of nitrogens with zero attached hydrogens (tertiary/aromatic N) is 2. The van der Waals surface area contributed by atoms with Gasteiger partial charge < -0.3 is 37.2 Å². The monoisotopic (exact) mass is 592 g/mol. The third-order valence-corrected chi connectivity index (χ3v) is 13.0. The lowest BCUT2D eigenvalue weighted by molar-refractivity contribution is 0.0576. The van der Waals surface area contributed by atoms with Crippen LogP contribution in [0.25, 0.3) is 11.4 Å². The molecular weight excluding hydrogens is 545 g/mol. The summed E-state index contributed by atoms with van der Waals surface area (Å²) in [6, 6.07) is 11.2. The maximum atomic E-state index is 9.33. The largest absolute Gasteiger partial charge is 0.524 e. The lowest BCUT2D eigenvalue weighted by Gasteiger charge is -2.39. The van der Waals surface area contributed by atoms with Crippen molar-refractivity contribution in [2.75, 3.05) is 39.6 Å². The predicted octanol–water partition coefficient (Wildman–Crippen LogP) is 2.86. The zero-order valence-electron chi connectivity index (χ0n) is 25.5. The van der Waals surface area contributed by atoms with Gasteiger partial charge >= 0.3 is 17.6 Å². The van der Waals surface area contributed by atoms with Gasteiger partial charge in [0, 0.05) is 50.1 Å². The minimum absolute atomic E-state index is 0.0535. The van der Waals surface area contributed by atoms with Crippen LogP contribution in [-0.2, 0) is 26.6 Å². The van der Waals surface area contributed by atoms with Gasteiger partial charge in [-0.3, -0.25) is 0 Å². The van der Waals surface area contributed by atoms with Gasteiger partial charge in [-0.2, -0.15) is 10.5 Å². The first kappa shape index (κ1) is 35.8. The number of benzene rings is 1. The third-order valence-electron chi connectivity index (χ3n) is 6.07. The molecule has 0 saturated heterocycles.